The second-order valence-corrected chi connectivity index (χ2v) is 6.84. The molecule has 1 aromatic carbocycles. The minimum atomic E-state index is -0.269. The lowest BCUT2D eigenvalue weighted by atomic mass is 9.53. The van der Waals surface area contributed by atoms with Gasteiger partial charge in [-0.1, -0.05) is 12.1 Å². The molecule has 116 valence electrons. The Morgan fingerprint density at radius 2 is 2.23 bits per heavy atom. The molecular formula is C18H21NO3. The summed E-state index contributed by atoms with van der Waals surface area (Å²) in [5, 5.41) is 10.8. The SMILES string of the molecule is COc1ccc2c(c1O)[C@]13CCN(C)[C@H](C2)[C@H]1C=CC(=O)C3. The van der Waals surface area contributed by atoms with Crippen molar-refractivity contribution in [2.75, 3.05) is 20.7 Å². The van der Waals surface area contributed by atoms with Crippen molar-refractivity contribution in [3.63, 3.8) is 0 Å². The van der Waals surface area contributed by atoms with E-state index < -0.39 is 0 Å². The molecule has 0 spiro atoms. The lowest BCUT2D eigenvalue weighted by molar-refractivity contribution is -0.118. The first-order chi connectivity index (χ1) is 10.6. The third-order valence-corrected chi connectivity index (χ3v) is 5.88. The number of hydrogen-bond donors (Lipinski definition) is 1. The van der Waals surface area contributed by atoms with Crippen LogP contribution in [0.15, 0.2) is 24.3 Å². The number of methoxy groups -OCH3 is 1. The Labute approximate surface area is 130 Å². The number of rotatable bonds is 1. The summed E-state index contributed by atoms with van der Waals surface area (Å²) in [5.41, 5.74) is 1.85. The maximum atomic E-state index is 12.2. The van der Waals surface area contributed by atoms with Gasteiger partial charge in [-0.2, -0.15) is 0 Å². The minimum absolute atomic E-state index is 0.162. The fourth-order valence-electron chi connectivity index (χ4n) is 4.84. The summed E-state index contributed by atoms with van der Waals surface area (Å²) >= 11 is 0. The van der Waals surface area contributed by atoms with Crippen LogP contribution in [0.2, 0.25) is 0 Å². The standard InChI is InChI=1S/C18H21NO3/c1-19-8-7-18-10-12(20)4-5-13(18)14(19)9-11-3-6-15(22-2)17(21)16(11)18/h3-6,13-14,21H,7-10H2,1-2H3/t13-,14-,18+/m1/s1. The molecule has 0 unspecified atom stereocenters. The van der Waals surface area contributed by atoms with Crippen LogP contribution in [0.1, 0.15) is 24.0 Å². The van der Waals surface area contributed by atoms with Crippen LogP contribution in [0.4, 0.5) is 0 Å². The monoisotopic (exact) mass is 299 g/mol. The van der Waals surface area contributed by atoms with Crippen LogP contribution in [0, 0.1) is 5.92 Å². The van der Waals surface area contributed by atoms with Crippen molar-refractivity contribution in [2.24, 2.45) is 5.92 Å². The van der Waals surface area contributed by atoms with Crippen LogP contribution in [0.25, 0.3) is 0 Å². The Balaban J connectivity index is 1.98. The normalized spacial score (nSPS) is 33.3. The molecule has 4 rings (SSSR count). The van der Waals surface area contributed by atoms with Gasteiger partial charge in [0.15, 0.2) is 17.3 Å². The van der Waals surface area contributed by atoms with Crippen molar-refractivity contribution in [1.82, 2.24) is 4.90 Å². The molecule has 1 heterocycles. The third kappa shape index (κ3) is 1.64. The van der Waals surface area contributed by atoms with Crippen molar-refractivity contribution in [1.29, 1.82) is 0 Å². The first kappa shape index (κ1) is 13.8. The number of phenols is 1. The van der Waals surface area contributed by atoms with Gasteiger partial charge in [0, 0.05) is 29.4 Å². The van der Waals surface area contributed by atoms with Gasteiger partial charge in [-0.15, -0.1) is 0 Å². The van der Waals surface area contributed by atoms with E-state index >= 15 is 0 Å². The Kier molecular flexibility index (Phi) is 2.89. The van der Waals surface area contributed by atoms with Gasteiger partial charge in [-0.25, -0.2) is 0 Å². The maximum Gasteiger partial charge on any atom is 0.161 e. The second-order valence-electron chi connectivity index (χ2n) is 6.84. The first-order valence-electron chi connectivity index (χ1n) is 7.87. The van der Waals surface area contributed by atoms with Gasteiger partial charge in [0.05, 0.1) is 7.11 Å². The number of piperidine rings is 1. The maximum absolute atomic E-state index is 12.2. The summed E-state index contributed by atoms with van der Waals surface area (Å²) < 4.78 is 5.31. The van der Waals surface area contributed by atoms with Gasteiger partial charge in [0.25, 0.3) is 0 Å². The number of allylic oxidation sites excluding steroid dienone is 1. The molecule has 3 atom stereocenters. The van der Waals surface area contributed by atoms with Gasteiger partial charge in [-0.3, -0.25) is 4.79 Å². The minimum Gasteiger partial charge on any atom is -0.504 e. The number of fused-ring (bicyclic) bond motifs is 1. The molecule has 0 saturated carbocycles. The van der Waals surface area contributed by atoms with Crippen LogP contribution in [0.5, 0.6) is 11.5 Å². The lowest BCUT2D eigenvalue weighted by Crippen LogP contribution is -2.59. The van der Waals surface area contributed by atoms with Crippen LogP contribution in [-0.4, -0.2) is 42.5 Å². The van der Waals surface area contributed by atoms with Gasteiger partial charge >= 0.3 is 0 Å². The van der Waals surface area contributed by atoms with E-state index in [4.69, 9.17) is 4.74 Å². The molecule has 1 fully saturated rings. The van der Waals surface area contributed by atoms with Crippen molar-refractivity contribution < 1.29 is 14.6 Å². The zero-order valence-corrected chi connectivity index (χ0v) is 13.0. The van der Waals surface area contributed by atoms with E-state index in [1.807, 2.05) is 6.07 Å². The number of phenolic OH excluding ortho intramolecular Hbond substituents is 1. The fourth-order valence-corrected chi connectivity index (χ4v) is 4.84. The summed E-state index contributed by atoms with van der Waals surface area (Å²) in [7, 11) is 3.73. The molecule has 2 aliphatic carbocycles. The number of carbonyl (C=O) groups excluding carboxylic acids is 1. The third-order valence-electron chi connectivity index (χ3n) is 5.88. The smallest absolute Gasteiger partial charge is 0.161 e. The second kappa shape index (κ2) is 4.59. The Hall–Kier alpha value is -1.81. The van der Waals surface area contributed by atoms with Crippen molar-refractivity contribution in [3.05, 3.63) is 35.4 Å². The molecule has 1 aromatic rings. The number of ketones is 1. The van der Waals surface area contributed by atoms with E-state index in [1.165, 1.54) is 0 Å². The van der Waals surface area contributed by atoms with E-state index in [0.29, 0.717) is 18.2 Å². The molecule has 2 bridgehead atoms. The zero-order valence-electron chi connectivity index (χ0n) is 13.0. The van der Waals surface area contributed by atoms with Gasteiger partial charge < -0.3 is 14.7 Å². The molecule has 22 heavy (non-hydrogen) atoms. The summed E-state index contributed by atoms with van der Waals surface area (Å²) in [6.45, 7) is 0.957. The number of carbonyl (C=O) groups is 1. The van der Waals surface area contributed by atoms with Crippen LogP contribution in [0.3, 0.4) is 0 Å². The van der Waals surface area contributed by atoms with Crippen LogP contribution in [-0.2, 0) is 16.6 Å². The fraction of sp³-hybridized carbons (Fsp3) is 0.500. The van der Waals surface area contributed by atoms with Crippen molar-refractivity contribution >= 4 is 5.78 Å². The predicted octanol–water partition coefficient (Wildman–Crippen LogP) is 2.04. The molecule has 4 heteroatoms. The molecule has 0 amide bonds. The molecule has 0 aromatic heterocycles. The Morgan fingerprint density at radius 3 is 3.00 bits per heavy atom. The van der Waals surface area contributed by atoms with E-state index in [2.05, 4.69) is 24.1 Å². The lowest BCUT2D eigenvalue weighted by Gasteiger charge is -2.56. The number of likely N-dealkylation sites (tertiary alicyclic amines) is 1. The number of ether oxygens (including phenoxy) is 1. The zero-order chi connectivity index (χ0) is 15.5. The number of hydrogen-bond acceptors (Lipinski definition) is 4. The van der Waals surface area contributed by atoms with E-state index in [0.717, 1.165) is 30.5 Å². The molecule has 1 aliphatic heterocycles. The van der Waals surface area contributed by atoms with Crippen LogP contribution >= 0.6 is 0 Å². The van der Waals surface area contributed by atoms with Gasteiger partial charge in [0.2, 0.25) is 0 Å². The van der Waals surface area contributed by atoms with Gasteiger partial charge in [-0.05, 0) is 44.1 Å². The van der Waals surface area contributed by atoms with Gasteiger partial charge in [0.1, 0.15) is 0 Å². The summed E-state index contributed by atoms with van der Waals surface area (Å²) in [5.74, 6) is 1.19. The first-order valence-corrected chi connectivity index (χ1v) is 7.87. The topological polar surface area (TPSA) is 49.8 Å². The molecule has 1 N–H and O–H groups in total. The Bertz CT molecular complexity index is 681. The molecule has 4 nitrogen and oxygen atoms in total. The average molecular weight is 299 g/mol. The highest BCUT2D eigenvalue weighted by atomic mass is 16.5. The summed E-state index contributed by atoms with van der Waals surface area (Å²) in [6.07, 6.45) is 6.11. The van der Waals surface area contributed by atoms with Crippen molar-refractivity contribution in [2.45, 2.75) is 30.7 Å². The highest BCUT2D eigenvalue weighted by Gasteiger charge is 2.54. The molecule has 1 saturated heterocycles. The Morgan fingerprint density at radius 1 is 1.41 bits per heavy atom. The number of benzene rings is 1. The number of nitrogens with zero attached hydrogens (tertiary/aromatic N) is 1. The van der Waals surface area contributed by atoms with E-state index in [-0.39, 0.29) is 22.9 Å². The quantitative estimate of drug-likeness (QED) is 0.862. The number of aromatic hydroxyl groups is 1. The van der Waals surface area contributed by atoms with Crippen LogP contribution < -0.4 is 4.74 Å². The highest BCUT2D eigenvalue weighted by molar-refractivity contribution is 5.92. The average Bonchev–Trinajstić information content (AvgIpc) is 2.50. The van der Waals surface area contributed by atoms with E-state index in [9.17, 15) is 9.90 Å². The largest absolute Gasteiger partial charge is 0.504 e. The molecule has 0 radical (unpaired) electrons. The molecular weight excluding hydrogens is 278 g/mol. The predicted molar refractivity (Wildman–Crippen MR) is 83.3 cm³/mol. The molecule has 3 aliphatic rings. The van der Waals surface area contributed by atoms with E-state index in [1.54, 1.807) is 13.2 Å². The number of likely N-dealkylation sites (N-methyl/N-ethyl adjacent to an activating group) is 1. The summed E-state index contributed by atoms with van der Waals surface area (Å²) in [4.78, 5) is 14.6. The summed E-state index contributed by atoms with van der Waals surface area (Å²) in [6, 6.07) is 4.29. The highest BCUT2D eigenvalue weighted by Crippen LogP contribution is 2.56. The van der Waals surface area contributed by atoms with Crippen molar-refractivity contribution in [3.8, 4) is 11.5 Å².